The number of halogens is 3. The Morgan fingerprint density at radius 1 is 1.00 bits per heavy atom. The van der Waals surface area contributed by atoms with Crippen LogP contribution in [0.15, 0.2) is 30.3 Å². The Bertz CT molecular complexity index is 783. The van der Waals surface area contributed by atoms with Crippen LogP contribution in [0.4, 0.5) is 5.69 Å². The number of rotatable bonds is 4. The fourth-order valence-corrected chi connectivity index (χ4v) is 2.83. The molecule has 1 N–H and O–H groups in total. The Kier molecular flexibility index (Phi) is 6.10. The predicted octanol–water partition coefficient (Wildman–Crippen LogP) is 5.06. The molecule has 0 heterocycles. The van der Waals surface area contributed by atoms with E-state index in [0.717, 1.165) is 11.1 Å². The second-order valence-corrected chi connectivity index (χ2v) is 6.42. The minimum Gasteiger partial charge on any atom is -0.452 e. The average molecular weight is 387 g/mol. The Labute approximate surface area is 154 Å². The van der Waals surface area contributed by atoms with Crippen molar-refractivity contribution in [3.8, 4) is 0 Å². The molecule has 0 aliphatic heterocycles. The molecule has 126 valence electrons. The molecule has 4 nitrogen and oxygen atoms in total. The summed E-state index contributed by atoms with van der Waals surface area (Å²) in [5, 5.41) is 3.24. The van der Waals surface area contributed by atoms with Gasteiger partial charge in [0.15, 0.2) is 6.61 Å². The fraction of sp³-hybridized carbons (Fsp3) is 0.176. The Morgan fingerprint density at radius 2 is 1.62 bits per heavy atom. The highest BCUT2D eigenvalue weighted by Crippen LogP contribution is 2.33. The van der Waals surface area contributed by atoms with Gasteiger partial charge in [-0.2, -0.15) is 0 Å². The first-order chi connectivity index (χ1) is 11.3. The van der Waals surface area contributed by atoms with Gasteiger partial charge in [0.05, 0.1) is 21.3 Å². The van der Waals surface area contributed by atoms with Gasteiger partial charge in [-0.3, -0.25) is 4.79 Å². The highest BCUT2D eigenvalue weighted by molar-refractivity contribution is 6.42. The topological polar surface area (TPSA) is 55.4 Å². The van der Waals surface area contributed by atoms with E-state index in [1.807, 2.05) is 19.9 Å². The molecule has 0 aromatic heterocycles. The first kappa shape index (κ1) is 18.6. The molecule has 0 bridgehead atoms. The summed E-state index contributed by atoms with van der Waals surface area (Å²) in [4.78, 5) is 23.9. The number of hydrogen-bond acceptors (Lipinski definition) is 3. The summed E-state index contributed by atoms with van der Waals surface area (Å²) in [6.07, 6.45) is 0. The van der Waals surface area contributed by atoms with Crippen LogP contribution in [-0.2, 0) is 9.53 Å². The summed E-state index contributed by atoms with van der Waals surface area (Å²) in [7, 11) is 0. The number of hydrogen-bond donors (Lipinski definition) is 1. The smallest absolute Gasteiger partial charge is 0.338 e. The molecular formula is C17H14Cl3NO3. The quantitative estimate of drug-likeness (QED) is 0.747. The molecule has 0 saturated heterocycles. The van der Waals surface area contributed by atoms with Crippen molar-refractivity contribution in [2.24, 2.45) is 0 Å². The van der Waals surface area contributed by atoms with Crippen molar-refractivity contribution in [2.75, 3.05) is 11.9 Å². The first-order valence-electron chi connectivity index (χ1n) is 6.96. The lowest BCUT2D eigenvalue weighted by Crippen LogP contribution is -2.21. The number of nitrogens with one attached hydrogen (secondary N) is 1. The van der Waals surface area contributed by atoms with Gasteiger partial charge < -0.3 is 10.1 Å². The minimum absolute atomic E-state index is 0.196. The third-order valence-corrected chi connectivity index (χ3v) is 4.16. The molecule has 0 radical (unpaired) electrons. The first-order valence-corrected chi connectivity index (χ1v) is 8.10. The number of carbonyl (C=O) groups excluding carboxylic acids is 2. The van der Waals surface area contributed by atoms with Gasteiger partial charge in [-0.05, 0) is 49.2 Å². The zero-order valence-corrected chi connectivity index (χ0v) is 15.2. The molecule has 0 fully saturated rings. The van der Waals surface area contributed by atoms with E-state index in [4.69, 9.17) is 39.5 Å². The van der Waals surface area contributed by atoms with Crippen molar-refractivity contribution >= 4 is 52.4 Å². The van der Waals surface area contributed by atoms with E-state index in [9.17, 15) is 9.59 Å². The van der Waals surface area contributed by atoms with Crippen LogP contribution >= 0.6 is 34.8 Å². The highest BCUT2D eigenvalue weighted by atomic mass is 35.5. The summed E-state index contributed by atoms with van der Waals surface area (Å²) in [6.45, 7) is 3.38. The third-order valence-electron chi connectivity index (χ3n) is 3.35. The number of esters is 1. The molecule has 0 aliphatic carbocycles. The second kappa shape index (κ2) is 7.88. The van der Waals surface area contributed by atoms with E-state index >= 15 is 0 Å². The summed E-state index contributed by atoms with van der Waals surface area (Å²) in [5.74, 6) is -1.14. The van der Waals surface area contributed by atoms with Gasteiger partial charge in [-0.1, -0.05) is 40.9 Å². The number of benzene rings is 2. The second-order valence-electron chi connectivity index (χ2n) is 5.17. The average Bonchev–Trinajstić information content (AvgIpc) is 2.51. The molecule has 7 heteroatoms. The van der Waals surface area contributed by atoms with Gasteiger partial charge in [0.2, 0.25) is 0 Å². The molecule has 0 unspecified atom stereocenters. The maximum Gasteiger partial charge on any atom is 0.338 e. The van der Waals surface area contributed by atoms with Crippen molar-refractivity contribution in [3.63, 3.8) is 0 Å². The molecular weight excluding hydrogens is 373 g/mol. The highest BCUT2D eigenvalue weighted by Gasteiger charge is 2.14. The van der Waals surface area contributed by atoms with Gasteiger partial charge >= 0.3 is 5.97 Å². The third kappa shape index (κ3) is 4.63. The van der Waals surface area contributed by atoms with Gasteiger partial charge in [0.1, 0.15) is 0 Å². The van der Waals surface area contributed by atoms with Crippen LogP contribution < -0.4 is 5.32 Å². The van der Waals surface area contributed by atoms with E-state index in [0.29, 0.717) is 10.6 Å². The van der Waals surface area contributed by atoms with Crippen LogP contribution in [0.5, 0.6) is 0 Å². The molecule has 2 aromatic carbocycles. The summed E-state index contributed by atoms with van der Waals surface area (Å²) < 4.78 is 5.00. The number of anilines is 1. The summed E-state index contributed by atoms with van der Waals surface area (Å²) in [6, 6.07) is 8.08. The lowest BCUT2D eigenvalue weighted by atomic mass is 10.1. The Morgan fingerprint density at radius 3 is 2.21 bits per heavy atom. The van der Waals surface area contributed by atoms with Gasteiger partial charge in [-0.15, -0.1) is 0 Å². The van der Waals surface area contributed by atoms with E-state index in [1.165, 1.54) is 12.1 Å². The largest absolute Gasteiger partial charge is 0.452 e. The lowest BCUT2D eigenvalue weighted by Gasteiger charge is -2.10. The van der Waals surface area contributed by atoms with Gasteiger partial charge in [0.25, 0.3) is 5.91 Å². The number of amides is 1. The van der Waals surface area contributed by atoms with E-state index in [-0.39, 0.29) is 15.7 Å². The number of carbonyl (C=O) groups is 2. The van der Waals surface area contributed by atoms with Crippen LogP contribution in [0.25, 0.3) is 0 Å². The number of aryl methyl sites for hydroxylation is 2. The van der Waals surface area contributed by atoms with Crippen molar-refractivity contribution in [1.29, 1.82) is 0 Å². The van der Waals surface area contributed by atoms with Crippen LogP contribution in [-0.4, -0.2) is 18.5 Å². The molecule has 0 saturated carbocycles. The Hall–Kier alpha value is -1.75. The molecule has 2 aromatic rings. The molecule has 2 rings (SSSR count). The zero-order valence-electron chi connectivity index (χ0n) is 13.0. The zero-order chi connectivity index (χ0) is 17.9. The molecule has 1 amide bonds. The Balaban J connectivity index is 1.98. The van der Waals surface area contributed by atoms with Crippen molar-refractivity contribution in [3.05, 3.63) is 62.1 Å². The minimum atomic E-state index is -0.582. The lowest BCUT2D eigenvalue weighted by molar-refractivity contribution is -0.119. The van der Waals surface area contributed by atoms with Crippen LogP contribution in [0.2, 0.25) is 15.1 Å². The van der Waals surface area contributed by atoms with Crippen LogP contribution in [0, 0.1) is 13.8 Å². The molecule has 0 aliphatic rings. The number of ether oxygens (including phenoxy) is 1. The fourth-order valence-electron chi connectivity index (χ4n) is 1.92. The standard InChI is InChI=1S/C17H14Cl3NO3/c1-9-3-4-11(5-10(9)2)17(23)24-8-15(22)21-16-13(19)6-12(18)7-14(16)20/h3-7H,8H2,1-2H3,(H,21,22). The molecule has 0 spiro atoms. The molecule has 24 heavy (non-hydrogen) atoms. The van der Waals surface area contributed by atoms with Crippen molar-refractivity contribution in [2.45, 2.75) is 13.8 Å². The van der Waals surface area contributed by atoms with Gasteiger partial charge in [-0.25, -0.2) is 4.79 Å². The van der Waals surface area contributed by atoms with E-state index in [1.54, 1.807) is 12.1 Å². The van der Waals surface area contributed by atoms with Crippen molar-refractivity contribution in [1.82, 2.24) is 0 Å². The van der Waals surface area contributed by atoms with Crippen molar-refractivity contribution < 1.29 is 14.3 Å². The van der Waals surface area contributed by atoms with Crippen LogP contribution in [0.1, 0.15) is 21.5 Å². The normalized spacial score (nSPS) is 10.4. The summed E-state index contributed by atoms with van der Waals surface area (Å²) in [5.41, 5.74) is 2.63. The van der Waals surface area contributed by atoms with E-state index in [2.05, 4.69) is 5.32 Å². The van der Waals surface area contributed by atoms with E-state index < -0.39 is 18.5 Å². The maximum absolute atomic E-state index is 12.0. The summed E-state index contributed by atoms with van der Waals surface area (Å²) >= 11 is 17.8. The van der Waals surface area contributed by atoms with Gasteiger partial charge in [0, 0.05) is 5.02 Å². The predicted molar refractivity (Wildman–Crippen MR) is 96.3 cm³/mol. The maximum atomic E-state index is 12.0. The monoisotopic (exact) mass is 385 g/mol. The van der Waals surface area contributed by atoms with Crippen LogP contribution in [0.3, 0.4) is 0 Å². The SMILES string of the molecule is Cc1ccc(C(=O)OCC(=O)Nc2c(Cl)cc(Cl)cc2Cl)cc1C. The molecule has 0 atom stereocenters.